The van der Waals surface area contributed by atoms with Gasteiger partial charge in [0.15, 0.2) is 0 Å². The Labute approximate surface area is 134 Å². The van der Waals surface area contributed by atoms with Crippen LogP contribution < -0.4 is 0 Å². The average Bonchev–Trinajstić information content (AvgIpc) is 2.91. The number of benzene rings is 1. The van der Waals surface area contributed by atoms with Crippen LogP contribution in [0.1, 0.15) is 21.6 Å². The van der Waals surface area contributed by atoms with Crippen LogP contribution in [-0.4, -0.2) is 29.8 Å². The molecule has 1 N–H and O–H groups in total. The van der Waals surface area contributed by atoms with E-state index in [9.17, 15) is 10.1 Å². The largest absolute Gasteiger partial charge is 0.383 e. The molecule has 5 heteroatoms. The summed E-state index contributed by atoms with van der Waals surface area (Å²) < 4.78 is 0. The molecular weight excluding hydrogens is 298 g/mol. The number of hydrogen-bond donors (Lipinski definition) is 1. The zero-order valence-corrected chi connectivity index (χ0v) is 13.4. The van der Waals surface area contributed by atoms with Crippen LogP contribution in [0, 0.1) is 18.3 Å². The fourth-order valence-electron chi connectivity index (χ4n) is 2.06. The Morgan fingerprint density at radius 1 is 1.36 bits per heavy atom. The highest BCUT2D eigenvalue weighted by molar-refractivity contribution is 6.30. The molecule has 0 spiro atoms. The normalized spacial score (nSPS) is 10.7. The highest BCUT2D eigenvalue weighted by Crippen LogP contribution is 2.29. The van der Waals surface area contributed by atoms with E-state index in [4.69, 9.17) is 11.6 Å². The Bertz CT molecular complexity index is 782. The van der Waals surface area contributed by atoms with Gasteiger partial charge in [0.2, 0.25) is 5.78 Å². The monoisotopic (exact) mass is 313 g/mol. The van der Waals surface area contributed by atoms with Crippen LogP contribution >= 0.6 is 11.6 Å². The maximum Gasteiger partial charge on any atom is 0.203 e. The first-order chi connectivity index (χ1) is 10.4. The van der Waals surface area contributed by atoms with Crippen molar-refractivity contribution >= 4 is 17.4 Å². The van der Waals surface area contributed by atoms with E-state index in [1.165, 1.54) is 6.08 Å². The van der Waals surface area contributed by atoms with E-state index in [1.807, 2.05) is 27.1 Å². The number of hydrogen-bond acceptors (Lipinski definition) is 3. The van der Waals surface area contributed by atoms with E-state index in [0.29, 0.717) is 22.0 Å². The molecule has 0 unspecified atom stereocenters. The number of H-pyrrole nitrogens is 1. The van der Waals surface area contributed by atoms with Crippen molar-refractivity contribution in [1.82, 2.24) is 9.88 Å². The molecule has 0 radical (unpaired) electrons. The molecule has 0 aliphatic heterocycles. The van der Waals surface area contributed by atoms with Gasteiger partial charge in [-0.3, -0.25) is 4.79 Å². The second-order valence-electron chi connectivity index (χ2n) is 5.19. The second kappa shape index (κ2) is 6.50. The lowest BCUT2D eigenvalue weighted by Gasteiger charge is -2.05. The summed E-state index contributed by atoms with van der Waals surface area (Å²) in [6.45, 7) is 1.93. The van der Waals surface area contributed by atoms with E-state index in [2.05, 4.69) is 11.1 Å². The van der Waals surface area contributed by atoms with E-state index >= 15 is 0 Å². The molecule has 0 aliphatic carbocycles. The number of rotatable bonds is 4. The van der Waals surface area contributed by atoms with Crippen LogP contribution in [0.15, 0.2) is 36.5 Å². The number of carbonyl (C=O) groups is 1. The molecule has 0 aliphatic rings. The molecule has 0 saturated carbocycles. The van der Waals surface area contributed by atoms with E-state index in [1.54, 1.807) is 29.3 Å². The molecule has 0 bridgehead atoms. The molecule has 1 aromatic heterocycles. The molecule has 0 saturated heterocycles. The van der Waals surface area contributed by atoms with Gasteiger partial charge in [-0.25, -0.2) is 0 Å². The Morgan fingerprint density at radius 2 is 2.09 bits per heavy atom. The minimum atomic E-state index is -0.184. The summed E-state index contributed by atoms with van der Waals surface area (Å²) in [4.78, 5) is 16.9. The number of halogens is 1. The molecular formula is C17H16ClN3O. The topological polar surface area (TPSA) is 59.9 Å². The highest BCUT2D eigenvalue weighted by atomic mass is 35.5. The smallest absolute Gasteiger partial charge is 0.203 e. The number of allylic oxidation sites excluding steroid dienone is 1. The summed E-state index contributed by atoms with van der Waals surface area (Å²) in [5.74, 6) is -0.184. The van der Waals surface area contributed by atoms with Crippen molar-refractivity contribution < 1.29 is 4.79 Å². The van der Waals surface area contributed by atoms with Crippen LogP contribution in [0.3, 0.4) is 0 Å². The van der Waals surface area contributed by atoms with Crippen molar-refractivity contribution in [1.29, 1.82) is 5.26 Å². The number of ketones is 1. The van der Waals surface area contributed by atoms with Crippen molar-refractivity contribution in [3.8, 4) is 17.3 Å². The zero-order valence-electron chi connectivity index (χ0n) is 12.6. The van der Waals surface area contributed by atoms with Crippen molar-refractivity contribution in [3.63, 3.8) is 0 Å². The van der Waals surface area contributed by atoms with Gasteiger partial charge in [-0.05, 0) is 30.7 Å². The molecule has 2 rings (SSSR count). The summed E-state index contributed by atoms with van der Waals surface area (Å²) in [7, 11) is 3.67. The van der Waals surface area contributed by atoms with Gasteiger partial charge >= 0.3 is 0 Å². The van der Waals surface area contributed by atoms with Crippen LogP contribution in [0.25, 0.3) is 11.3 Å². The van der Waals surface area contributed by atoms with Gasteiger partial charge in [-0.1, -0.05) is 17.7 Å². The average molecular weight is 314 g/mol. The zero-order chi connectivity index (χ0) is 16.3. The first kappa shape index (κ1) is 15.9. The van der Waals surface area contributed by atoms with Gasteiger partial charge in [-0.15, -0.1) is 0 Å². The fourth-order valence-corrected chi connectivity index (χ4v) is 2.23. The first-order valence-corrected chi connectivity index (χ1v) is 7.08. The van der Waals surface area contributed by atoms with Gasteiger partial charge in [0.05, 0.1) is 17.0 Å². The quantitative estimate of drug-likeness (QED) is 0.690. The van der Waals surface area contributed by atoms with Crippen molar-refractivity contribution in [3.05, 3.63) is 58.4 Å². The molecule has 0 atom stereocenters. The molecule has 1 heterocycles. The highest BCUT2D eigenvalue weighted by Gasteiger charge is 2.15. The molecule has 112 valence electrons. The van der Waals surface area contributed by atoms with Crippen LogP contribution in [0.5, 0.6) is 0 Å². The lowest BCUT2D eigenvalue weighted by Crippen LogP contribution is -2.03. The maximum atomic E-state index is 12.1. The maximum absolute atomic E-state index is 12.1. The summed E-state index contributed by atoms with van der Waals surface area (Å²) in [6, 6.07) is 9.15. The van der Waals surface area contributed by atoms with Gasteiger partial charge in [0.1, 0.15) is 6.07 Å². The SMILES string of the molecule is Cc1ccc(Cl)cc1-c1[nH]c(C(=O)C=CN(C)C)cc1C#N. The number of nitriles is 1. The summed E-state index contributed by atoms with van der Waals surface area (Å²) >= 11 is 6.04. The lowest BCUT2D eigenvalue weighted by molar-refractivity contribution is 0.104. The number of nitrogens with zero attached hydrogens (tertiary/aromatic N) is 2. The number of carbonyl (C=O) groups excluding carboxylic acids is 1. The van der Waals surface area contributed by atoms with Crippen molar-refractivity contribution in [2.75, 3.05) is 14.1 Å². The Hall–Kier alpha value is -2.51. The van der Waals surface area contributed by atoms with Gasteiger partial charge < -0.3 is 9.88 Å². The minimum absolute atomic E-state index is 0.184. The predicted octanol–water partition coefficient (Wildman–Crippen LogP) is 3.77. The second-order valence-corrected chi connectivity index (χ2v) is 5.62. The van der Waals surface area contributed by atoms with Gasteiger partial charge in [0, 0.05) is 37.0 Å². The number of aryl methyl sites for hydroxylation is 1. The van der Waals surface area contributed by atoms with Gasteiger partial charge in [0.25, 0.3) is 0 Å². The third kappa shape index (κ3) is 3.38. The first-order valence-electron chi connectivity index (χ1n) is 6.71. The van der Waals surface area contributed by atoms with Gasteiger partial charge in [-0.2, -0.15) is 5.26 Å². The fraction of sp³-hybridized carbons (Fsp3) is 0.176. The Balaban J connectivity index is 2.48. The molecule has 0 fully saturated rings. The van der Waals surface area contributed by atoms with E-state index in [-0.39, 0.29) is 5.78 Å². The number of aromatic nitrogens is 1. The molecule has 22 heavy (non-hydrogen) atoms. The van der Waals surface area contributed by atoms with Crippen LogP contribution in [-0.2, 0) is 0 Å². The third-order valence-corrected chi connectivity index (χ3v) is 3.43. The molecule has 0 amide bonds. The molecule has 4 nitrogen and oxygen atoms in total. The summed E-state index contributed by atoms with van der Waals surface area (Å²) in [5, 5.41) is 9.90. The third-order valence-electron chi connectivity index (χ3n) is 3.20. The Kier molecular flexibility index (Phi) is 4.69. The number of aromatic amines is 1. The molecule has 1 aromatic carbocycles. The molecule has 2 aromatic rings. The minimum Gasteiger partial charge on any atom is -0.383 e. The number of nitrogens with one attached hydrogen (secondary N) is 1. The van der Waals surface area contributed by atoms with E-state index in [0.717, 1.165) is 11.1 Å². The summed E-state index contributed by atoms with van der Waals surface area (Å²) in [5.41, 5.74) is 3.21. The van der Waals surface area contributed by atoms with Crippen LogP contribution in [0.4, 0.5) is 0 Å². The lowest BCUT2D eigenvalue weighted by atomic mass is 10.0. The Morgan fingerprint density at radius 3 is 2.73 bits per heavy atom. The standard InChI is InChI=1S/C17H16ClN3O/c1-11-4-5-13(18)9-14(11)17-12(10-19)8-15(20-17)16(22)6-7-21(2)3/h4-9,20H,1-3H3. The van der Waals surface area contributed by atoms with E-state index < -0.39 is 0 Å². The van der Waals surface area contributed by atoms with Crippen molar-refractivity contribution in [2.24, 2.45) is 0 Å². The summed E-state index contributed by atoms with van der Waals surface area (Å²) in [6.07, 6.45) is 3.13. The van der Waals surface area contributed by atoms with Crippen molar-refractivity contribution in [2.45, 2.75) is 6.92 Å². The van der Waals surface area contributed by atoms with Crippen LogP contribution in [0.2, 0.25) is 5.02 Å². The predicted molar refractivity (Wildman–Crippen MR) is 87.8 cm³/mol.